The fourth-order valence-corrected chi connectivity index (χ4v) is 3.63. The molecular formula is C17H25ClN4O2. The summed E-state index contributed by atoms with van der Waals surface area (Å²) >= 11 is 5.77. The Morgan fingerprint density at radius 3 is 2.62 bits per heavy atom. The average Bonchev–Trinajstić information content (AvgIpc) is 2.59. The Kier molecular flexibility index (Phi) is 5.89. The molecule has 2 fully saturated rings. The van der Waals surface area contributed by atoms with E-state index >= 15 is 0 Å². The van der Waals surface area contributed by atoms with E-state index in [9.17, 15) is 4.79 Å². The number of likely N-dealkylation sites (tertiary alicyclic amines) is 1. The maximum Gasteiger partial charge on any atom is 0.316 e. The molecule has 1 unspecified atom stereocenters. The molecule has 2 aliphatic rings. The van der Waals surface area contributed by atoms with Crippen molar-refractivity contribution in [1.82, 2.24) is 20.2 Å². The lowest BCUT2D eigenvalue weighted by Gasteiger charge is -2.32. The van der Waals surface area contributed by atoms with E-state index in [1.54, 1.807) is 0 Å². The fraction of sp³-hybridized carbons (Fsp3) is 0.706. The Labute approximate surface area is 147 Å². The van der Waals surface area contributed by atoms with E-state index in [1.165, 1.54) is 12.4 Å². The summed E-state index contributed by atoms with van der Waals surface area (Å²) in [5.74, 6) is 0.354. The average molecular weight is 353 g/mol. The summed E-state index contributed by atoms with van der Waals surface area (Å²) in [6.45, 7) is 1.97. The van der Waals surface area contributed by atoms with Crippen LogP contribution in [0.2, 0.25) is 5.02 Å². The number of rotatable bonds is 4. The molecule has 1 aromatic heterocycles. The minimum Gasteiger partial charge on any atom is -0.460 e. The molecule has 1 saturated carbocycles. The van der Waals surface area contributed by atoms with Gasteiger partial charge in [0.2, 0.25) is 5.91 Å². The summed E-state index contributed by atoms with van der Waals surface area (Å²) in [4.78, 5) is 22.8. The lowest BCUT2D eigenvalue weighted by Crippen LogP contribution is -2.46. The monoisotopic (exact) mass is 352 g/mol. The van der Waals surface area contributed by atoms with Crippen LogP contribution in [-0.4, -0.2) is 53.1 Å². The fourth-order valence-electron chi connectivity index (χ4n) is 3.53. The highest BCUT2D eigenvalue weighted by atomic mass is 35.5. The zero-order chi connectivity index (χ0) is 16.9. The molecule has 1 aliphatic heterocycles. The van der Waals surface area contributed by atoms with E-state index in [0.717, 1.165) is 51.6 Å². The summed E-state index contributed by atoms with van der Waals surface area (Å²) in [5.41, 5.74) is 0. The van der Waals surface area contributed by atoms with E-state index < -0.39 is 0 Å². The number of carbonyl (C=O) groups excluding carboxylic acids is 1. The van der Waals surface area contributed by atoms with Crippen LogP contribution in [0.15, 0.2) is 12.4 Å². The minimum absolute atomic E-state index is 0.111. The van der Waals surface area contributed by atoms with Gasteiger partial charge in [0.1, 0.15) is 6.10 Å². The molecule has 0 spiro atoms. The molecular weight excluding hydrogens is 328 g/mol. The minimum atomic E-state index is 0.111. The predicted molar refractivity (Wildman–Crippen MR) is 92.1 cm³/mol. The number of aromatic nitrogens is 2. The van der Waals surface area contributed by atoms with Crippen LogP contribution in [0.25, 0.3) is 0 Å². The van der Waals surface area contributed by atoms with Crippen molar-refractivity contribution in [2.24, 2.45) is 5.92 Å². The van der Waals surface area contributed by atoms with Crippen molar-refractivity contribution in [2.45, 2.75) is 50.7 Å². The number of nitrogens with zero attached hydrogens (tertiary/aromatic N) is 3. The van der Waals surface area contributed by atoms with E-state index in [-0.39, 0.29) is 24.0 Å². The van der Waals surface area contributed by atoms with Crippen molar-refractivity contribution in [3.05, 3.63) is 17.4 Å². The molecule has 7 heteroatoms. The Hall–Kier alpha value is -1.40. The number of nitrogens with one attached hydrogen (secondary N) is 1. The van der Waals surface area contributed by atoms with Crippen molar-refractivity contribution in [1.29, 1.82) is 0 Å². The van der Waals surface area contributed by atoms with Crippen molar-refractivity contribution in [2.75, 3.05) is 20.1 Å². The number of carbonyl (C=O) groups is 1. The van der Waals surface area contributed by atoms with Gasteiger partial charge < -0.3 is 15.0 Å². The number of halogens is 1. The van der Waals surface area contributed by atoms with Crippen LogP contribution in [0.5, 0.6) is 6.01 Å². The van der Waals surface area contributed by atoms with E-state index in [2.05, 4.69) is 27.2 Å². The summed E-state index contributed by atoms with van der Waals surface area (Å²) in [6, 6.07) is 0.632. The van der Waals surface area contributed by atoms with Gasteiger partial charge in [0, 0.05) is 12.6 Å². The number of amides is 1. The highest BCUT2D eigenvalue weighted by Crippen LogP contribution is 2.23. The van der Waals surface area contributed by atoms with Gasteiger partial charge in [-0.05, 0) is 52.1 Å². The van der Waals surface area contributed by atoms with E-state index in [4.69, 9.17) is 16.3 Å². The van der Waals surface area contributed by atoms with Crippen molar-refractivity contribution in [3.8, 4) is 6.01 Å². The maximum absolute atomic E-state index is 12.4. The van der Waals surface area contributed by atoms with Gasteiger partial charge in [-0.3, -0.25) is 4.79 Å². The third-order valence-corrected chi connectivity index (χ3v) is 5.08. The third-order valence-electron chi connectivity index (χ3n) is 4.88. The Bertz CT molecular complexity index is 546. The van der Waals surface area contributed by atoms with Crippen LogP contribution in [0.4, 0.5) is 0 Å². The molecule has 0 radical (unpaired) electrons. The van der Waals surface area contributed by atoms with Crippen LogP contribution in [0.3, 0.4) is 0 Å². The maximum atomic E-state index is 12.4. The van der Waals surface area contributed by atoms with Crippen LogP contribution < -0.4 is 10.1 Å². The van der Waals surface area contributed by atoms with E-state index in [1.807, 2.05) is 0 Å². The van der Waals surface area contributed by atoms with Gasteiger partial charge in [-0.1, -0.05) is 11.6 Å². The molecule has 24 heavy (non-hydrogen) atoms. The van der Waals surface area contributed by atoms with Gasteiger partial charge in [-0.15, -0.1) is 0 Å². The Balaban J connectivity index is 1.41. The largest absolute Gasteiger partial charge is 0.460 e. The smallest absolute Gasteiger partial charge is 0.316 e. The van der Waals surface area contributed by atoms with Gasteiger partial charge in [0.05, 0.1) is 23.3 Å². The number of ether oxygens (including phenoxy) is 1. The van der Waals surface area contributed by atoms with Crippen molar-refractivity contribution in [3.63, 3.8) is 0 Å². The zero-order valence-electron chi connectivity index (χ0n) is 14.1. The summed E-state index contributed by atoms with van der Waals surface area (Å²) in [5, 5.41) is 3.73. The van der Waals surface area contributed by atoms with E-state index in [0.29, 0.717) is 11.0 Å². The molecule has 132 valence electrons. The molecule has 1 amide bonds. The van der Waals surface area contributed by atoms with Crippen LogP contribution in [0.1, 0.15) is 38.5 Å². The summed E-state index contributed by atoms with van der Waals surface area (Å²) < 4.78 is 5.79. The lowest BCUT2D eigenvalue weighted by atomic mass is 9.91. The Morgan fingerprint density at radius 2 is 1.96 bits per heavy atom. The summed E-state index contributed by atoms with van der Waals surface area (Å²) in [6.07, 6.45) is 8.98. The second-order valence-corrected chi connectivity index (χ2v) is 7.32. The third kappa shape index (κ3) is 4.80. The molecule has 1 aliphatic carbocycles. The molecule has 2 heterocycles. The van der Waals surface area contributed by atoms with Gasteiger partial charge in [0.25, 0.3) is 0 Å². The number of hydrogen-bond acceptors (Lipinski definition) is 5. The molecule has 1 saturated heterocycles. The predicted octanol–water partition coefficient (Wildman–Crippen LogP) is 2.28. The number of piperidine rings is 1. The van der Waals surface area contributed by atoms with Gasteiger partial charge >= 0.3 is 6.01 Å². The first-order valence-corrected chi connectivity index (χ1v) is 9.11. The highest BCUT2D eigenvalue weighted by Gasteiger charge is 2.28. The molecule has 3 rings (SSSR count). The van der Waals surface area contributed by atoms with Crippen molar-refractivity contribution < 1.29 is 9.53 Å². The quantitative estimate of drug-likeness (QED) is 0.900. The first-order valence-electron chi connectivity index (χ1n) is 8.73. The second kappa shape index (κ2) is 8.12. The van der Waals surface area contributed by atoms with Gasteiger partial charge in [0.15, 0.2) is 0 Å². The van der Waals surface area contributed by atoms with Crippen LogP contribution in [0, 0.1) is 5.92 Å². The molecule has 6 nitrogen and oxygen atoms in total. The Morgan fingerprint density at radius 1 is 1.25 bits per heavy atom. The highest BCUT2D eigenvalue weighted by molar-refractivity contribution is 6.30. The van der Waals surface area contributed by atoms with Gasteiger partial charge in [-0.25, -0.2) is 9.97 Å². The molecule has 0 bridgehead atoms. The zero-order valence-corrected chi connectivity index (χ0v) is 14.8. The lowest BCUT2D eigenvalue weighted by molar-refractivity contribution is -0.127. The van der Waals surface area contributed by atoms with Crippen LogP contribution in [-0.2, 0) is 4.79 Å². The SMILES string of the molecule is CN1CCCC(C(=O)NC2CCC(Oc3ncc(Cl)cn3)CC2)C1. The molecule has 1 atom stereocenters. The number of hydrogen-bond donors (Lipinski definition) is 1. The molecule has 1 N–H and O–H groups in total. The molecule has 0 aromatic carbocycles. The first-order chi connectivity index (χ1) is 11.6. The second-order valence-electron chi connectivity index (χ2n) is 6.89. The standard InChI is InChI=1S/C17H25ClN4O2/c1-22-8-2-3-12(11-22)16(23)21-14-4-6-15(7-5-14)24-17-19-9-13(18)10-20-17/h9-10,12,14-15H,2-8,11H2,1H3,(H,21,23). The first kappa shape index (κ1) is 17.4. The molecule has 1 aromatic rings. The van der Waals surface area contributed by atoms with Crippen molar-refractivity contribution >= 4 is 17.5 Å². The normalized spacial score (nSPS) is 28.3. The van der Waals surface area contributed by atoms with Gasteiger partial charge in [-0.2, -0.15) is 0 Å². The summed E-state index contributed by atoms with van der Waals surface area (Å²) in [7, 11) is 2.08. The topological polar surface area (TPSA) is 67.4 Å². The van der Waals surface area contributed by atoms with Crippen LogP contribution >= 0.6 is 11.6 Å².